The monoisotopic (exact) mass is 281 g/mol. The van der Waals surface area contributed by atoms with Crippen LogP contribution in [-0.4, -0.2) is 17.6 Å². The van der Waals surface area contributed by atoms with E-state index in [1.165, 1.54) is 22.7 Å². The topological polar surface area (TPSA) is 49.3 Å². The van der Waals surface area contributed by atoms with Crippen LogP contribution < -0.4 is 5.32 Å². The fraction of sp³-hybridized carbons (Fsp3) is 0.308. The predicted molar refractivity (Wildman–Crippen MR) is 75.3 cm³/mol. The number of nitrogens with one attached hydrogen (secondary N) is 1. The van der Waals surface area contributed by atoms with Gasteiger partial charge in [-0.1, -0.05) is 6.92 Å². The van der Waals surface area contributed by atoms with E-state index in [0.29, 0.717) is 0 Å². The average molecular weight is 281 g/mol. The summed E-state index contributed by atoms with van der Waals surface area (Å²) < 4.78 is 0. The van der Waals surface area contributed by atoms with Crippen LogP contribution in [0, 0.1) is 0 Å². The molecule has 0 radical (unpaired) electrons. The van der Waals surface area contributed by atoms with Crippen LogP contribution in [0.1, 0.15) is 33.8 Å². The van der Waals surface area contributed by atoms with Crippen molar-refractivity contribution in [3.8, 4) is 0 Å². The number of thiophene rings is 2. The van der Waals surface area contributed by atoms with Gasteiger partial charge in [0, 0.05) is 6.54 Å². The number of carbonyl (C=O) groups is 1. The van der Waals surface area contributed by atoms with Crippen LogP contribution in [0.25, 0.3) is 0 Å². The molecule has 2 heterocycles. The molecular formula is C13H15NO2S2. The second-order valence-electron chi connectivity index (χ2n) is 3.91. The van der Waals surface area contributed by atoms with Crippen molar-refractivity contribution in [2.75, 3.05) is 6.54 Å². The lowest BCUT2D eigenvalue weighted by molar-refractivity contribution is 0.0920. The molecule has 2 N–H and O–H groups in total. The van der Waals surface area contributed by atoms with E-state index in [2.05, 4.69) is 5.32 Å². The third kappa shape index (κ3) is 2.98. The summed E-state index contributed by atoms with van der Waals surface area (Å²) in [5.74, 6) is -0.101. The van der Waals surface area contributed by atoms with Crippen LogP contribution in [-0.2, 0) is 6.42 Å². The van der Waals surface area contributed by atoms with E-state index in [1.807, 2.05) is 35.2 Å². The summed E-state index contributed by atoms with van der Waals surface area (Å²) in [4.78, 5) is 12.7. The van der Waals surface area contributed by atoms with Gasteiger partial charge in [-0.05, 0) is 45.8 Å². The fourth-order valence-electron chi connectivity index (χ4n) is 1.67. The van der Waals surface area contributed by atoms with Crippen LogP contribution in [0.2, 0.25) is 0 Å². The Labute approximate surface area is 114 Å². The predicted octanol–water partition coefficient (Wildman–Crippen LogP) is 2.84. The molecule has 2 aromatic rings. The van der Waals surface area contributed by atoms with Gasteiger partial charge in [-0.3, -0.25) is 4.79 Å². The molecule has 3 nitrogen and oxygen atoms in total. The van der Waals surface area contributed by atoms with Gasteiger partial charge in [-0.15, -0.1) is 11.3 Å². The van der Waals surface area contributed by atoms with E-state index >= 15 is 0 Å². The Kier molecular flexibility index (Phi) is 4.52. The molecule has 0 bridgehead atoms. The molecule has 0 aromatic carbocycles. The molecule has 0 aliphatic rings. The van der Waals surface area contributed by atoms with Gasteiger partial charge in [0.2, 0.25) is 0 Å². The Bertz CT molecular complexity index is 505. The van der Waals surface area contributed by atoms with Crippen molar-refractivity contribution in [1.29, 1.82) is 0 Å². The Balaban J connectivity index is 1.93. The summed E-state index contributed by atoms with van der Waals surface area (Å²) in [5, 5.41) is 18.4. The summed E-state index contributed by atoms with van der Waals surface area (Å²) in [5.41, 5.74) is 1.91. The van der Waals surface area contributed by atoms with E-state index in [9.17, 15) is 9.90 Å². The SMILES string of the molecule is CCc1ccsc1C(=O)NCC(O)c1ccsc1. The van der Waals surface area contributed by atoms with E-state index < -0.39 is 6.10 Å². The molecule has 0 saturated heterocycles. The zero-order chi connectivity index (χ0) is 13.0. The lowest BCUT2D eigenvalue weighted by Gasteiger charge is -2.10. The van der Waals surface area contributed by atoms with Gasteiger partial charge in [-0.2, -0.15) is 11.3 Å². The summed E-state index contributed by atoms with van der Waals surface area (Å²) in [7, 11) is 0. The first-order valence-electron chi connectivity index (χ1n) is 5.77. The van der Waals surface area contributed by atoms with E-state index in [4.69, 9.17) is 0 Å². The minimum Gasteiger partial charge on any atom is -0.387 e. The maximum absolute atomic E-state index is 12.0. The van der Waals surface area contributed by atoms with Crippen molar-refractivity contribution in [1.82, 2.24) is 5.32 Å². The molecule has 2 aromatic heterocycles. The van der Waals surface area contributed by atoms with Crippen molar-refractivity contribution in [2.45, 2.75) is 19.4 Å². The second kappa shape index (κ2) is 6.13. The zero-order valence-corrected chi connectivity index (χ0v) is 11.7. The van der Waals surface area contributed by atoms with Crippen LogP contribution in [0.4, 0.5) is 0 Å². The number of hydrogen-bond acceptors (Lipinski definition) is 4. The molecule has 1 amide bonds. The van der Waals surface area contributed by atoms with E-state index in [0.717, 1.165) is 22.4 Å². The van der Waals surface area contributed by atoms with Crippen molar-refractivity contribution < 1.29 is 9.90 Å². The van der Waals surface area contributed by atoms with Crippen molar-refractivity contribution in [3.05, 3.63) is 44.3 Å². The molecular weight excluding hydrogens is 266 g/mol. The second-order valence-corrected chi connectivity index (χ2v) is 5.61. The quantitative estimate of drug-likeness (QED) is 0.885. The van der Waals surface area contributed by atoms with Gasteiger partial charge in [0.05, 0.1) is 11.0 Å². The highest BCUT2D eigenvalue weighted by Gasteiger charge is 2.14. The molecule has 0 aliphatic carbocycles. The van der Waals surface area contributed by atoms with Gasteiger partial charge in [0.1, 0.15) is 0 Å². The van der Waals surface area contributed by atoms with Crippen molar-refractivity contribution in [3.63, 3.8) is 0 Å². The van der Waals surface area contributed by atoms with Crippen LogP contribution >= 0.6 is 22.7 Å². The molecule has 96 valence electrons. The molecule has 2 rings (SSSR count). The van der Waals surface area contributed by atoms with Gasteiger partial charge < -0.3 is 10.4 Å². The smallest absolute Gasteiger partial charge is 0.261 e. The summed E-state index contributed by atoms with van der Waals surface area (Å²) in [6, 6.07) is 3.83. The maximum Gasteiger partial charge on any atom is 0.261 e. The van der Waals surface area contributed by atoms with Gasteiger partial charge >= 0.3 is 0 Å². The molecule has 18 heavy (non-hydrogen) atoms. The summed E-state index contributed by atoms with van der Waals surface area (Å²) >= 11 is 2.98. The normalized spacial score (nSPS) is 12.3. The molecule has 0 fully saturated rings. The summed E-state index contributed by atoms with van der Waals surface area (Å²) in [6.07, 6.45) is 0.213. The van der Waals surface area contributed by atoms with Crippen LogP contribution in [0.5, 0.6) is 0 Å². The van der Waals surface area contributed by atoms with Crippen molar-refractivity contribution >= 4 is 28.6 Å². The number of rotatable bonds is 5. The number of aliphatic hydroxyl groups is 1. The Morgan fingerprint density at radius 2 is 2.28 bits per heavy atom. The number of hydrogen-bond donors (Lipinski definition) is 2. The highest BCUT2D eigenvalue weighted by Crippen LogP contribution is 2.18. The third-order valence-electron chi connectivity index (χ3n) is 2.72. The lowest BCUT2D eigenvalue weighted by Crippen LogP contribution is -2.28. The zero-order valence-electron chi connectivity index (χ0n) is 10.1. The van der Waals surface area contributed by atoms with Gasteiger partial charge in [0.25, 0.3) is 5.91 Å². The highest BCUT2D eigenvalue weighted by atomic mass is 32.1. The fourth-order valence-corrected chi connectivity index (χ4v) is 3.28. The van der Waals surface area contributed by atoms with E-state index in [-0.39, 0.29) is 12.5 Å². The maximum atomic E-state index is 12.0. The first-order valence-corrected chi connectivity index (χ1v) is 7.59. The third-order valence-corrected chi connectivity index (χ3v) is 4.37. The summed E-state index contributed by atoms with van der Waals surface area (Å²) in [6.45, 7) is 2.27. The lowest BCUT2D eigenvalue weighted by atomic mass is 10.2. The minimum atomic E-state index is -0.634. The van der Waals surface area contributed by atoms with Crippen molar-refractivity contribution in [2.24, 2.45) is 0 Å². The van der Waals surface area contributed by atoms with Gasteiger partial charge in [-0.25, -0.2) is 0 Å². The number of carbonyl (C=O) groups excluding carboxylic acids is 1. The molecule has 1 atom stereocenters. The first kappa shape index (κ1) is 13.3. The molecule has 0 saturated carbocycles. The standard InChI is InChI=1S/C13H15NO2S2/c1-2-9-4-6-18-12(9)13(16)14-7-11(15)10-3-5-17-8-10/h3-6,8,11,15H,2,7H2,1H3,(H,14,16). The van der Waals surface area contributed by atoms with Crippen LogP contribution in [0.15, 0.2) is 28.3 Å². The Morgan fingerprint density at radius 3 is 2.94 bits per heavy atom. The Hall–Kier alpha value is -1.17. The van der Waals surface area contributed by atoms with Crippen LogP contribution in [0.3, 0.4) is 0 Å². The molecule has 5 heteroatoms. The highest BCUT2D eigenvalue weighted by molar-refractivity contribution is 7.12. The minimum absolute atomic E-state index is 0.101. The van der Waals surface area contributed by atoms with Gasteiger partial charge in [0.15, 0.2) is 0 Å². The number of aryl methyl sites for hydroxylation is 1. The largest absolute Gasteiger partial charge is 0.387 e. The average Bonchev–Trinajstić information content (AvgIpc) is 3.04. The molecule has 1 unspecified atom stereocenters. The number of amides is 1. The molecule has 0 spiro atoms. The first-order chi connectivity index (χ1) is 8.72. The van der Waals surface area contributed by atoms with E-state index in [1.54, 1.807) is 0 Å². The molecule has 0 aliphatic heterocycles. The Morgan fingerprint density at radius 1 is 1.44 bits per heavy atom. The number of aliphatic hydroxyl groups excluding tert-OH is 1.